The fourth-order valence-electron chi connectivity index (χ4n) is 1.91. The van der Waals surface area contributed by atoms with Crippen LogP contribution in [0.2, 0.25) is 0 Å². The maximum absolute atomic E-state index is 12.2. The number of aliphatic hydroxyl groups is 1. The second-order valence-electron chi connectivity index (χ2n) is 4.36. The van der Waals surface area contributed by atoms with Crippen LogP contribution >= 0.6 is 0 Å². The fourth-order valence-corrected chi connectivity index (χ4v) is 1.91. The fraction of sp³-hybridized carbons (Fsp3) is 0.188. The summed E-state index contributed by atoms with van der Waals surface area (Å²) in [7, 11) is 1.75. The third-order valence-electron chi connectivity index (χ3n) is 2.90. The maximum atomic E-state index is 12.2. The summed E-state index contributed by atoms with van der Waals surface area (Å²) in [5.74, 6) is 5.46. The number of carbonyl (C=O) groups excluding carboxylic acids is 1. The van der Waals surface area contributed by atoms with Gasteiger partial charge in [-0.1, -0.05) is 30.0 Å². The quantitative estimate of drug-likeness (QED) is 0.831. The zero-order valence-corrected chi connectivity index (χ0v) is 11.3. The van der Waals surface area contributed by atoms with E-state index in [1.54, 1.807) is 30.3 Å². The largest absolute Gasteiger partial charge is 0.384 e. The molecule has 2 N–H and O–H groups in total. The van der Waals surface area contributed by atoms with Gasteiger partial charge in [0, 0.05) is 25.4 Å². The Bertz CT molecular complexity index is 636. The Balaban J connectivity index is 2.15. The Kier molecular flexibility index (Phi) is 4.59. The van der Waals surface area contributed by atoms with Crippen molar-refractivity contribution in [3.05, 3.63) is 59.4 Å². The lowest BCUT2D eigenvalue weighted by molar-refractivity contribution is 0.0780. The highest BCUT2D eigenvalue weighted by Gasteiger charge is 2.13. The Morgan fingerprint density at radius 3 is 2.80 bits per heavy atom. The number of nitrogens with zero attached hydrogens (tertiary/aromatic N) is 1. The van der Waals surface area contributed by atoms with E-state index < -0.39 is 0 Å². The molecule has 0 aliphatic rings. The number of aliphatic hydroxyl groups excluding tert-OH is 1. The lowest BCUT2D eigenvalue weighted by Crippen LogP contribution is -2.26. The van der Waals surface area contributed by atoms with Crippen LogP contribution in [0.1, 0.15) is 21.6 Å². The van der Waals surface area contributed by atoms with Crippen LogP contribution in [0, 0.1) is 11.8 Å². The van der Waals surface area contributed by atoms with Gasteiger partial charge in [0.25, 0.3) is 5.91 Å². The molecule has 20 heavy (non-hydrogen) atoms. The van der Waals surface area contributed by atoms with Crippen molar-refractivity contribution in [2.24, 2.45) is 0 Å². The van der Waals surface area contributed by atoms with Gasteiger partial charge in [0.15, 0.2) is 0 Å². The molecular formula is C16H16N2O2. The summed E-state index contributed by atoms with van der Waals surface area (Å²) in [5.41, 5.74) is 2.34. The Hall–Kier alpha value is -2.51. The van der Waals surface area contributed by atoms with Crippen molar-refractivity contribution < 1.29 is 9.90 Å². The molecule has 0 bridgehead atoms. The number of hydrogen-bond acceptors (Lipinski definition) is 2. The number of aromatic amines is 1. The molecule has 2 rings (SSSR count). The molecule has 1 aromatic carbocycles. The van der Waals surface area contributed by atoms with Crippen LogP contribution < -0.4 is 0 Å². The Morgan fingerprint density at radius 1 is 1.30 bits per heavy atom. The smallest absolute Gasteiger partial charge is 0.270 e. The second-order valence-corrected chi connectivity index (χ2v) is 4.36. The van der Waals surface area contributed by atoms with E-state index in [1.807, 2.05) is 24.3 Å². The molecule has 0 unspecified atom stereocenters. The van der Waals surface area contributed by atoms with E-state index in [0.717, 1.165) is 11.1 Å². The van der Waals surface area contributed by atoms with Gasteiger partial charge < -0.3 is 15.0 Å². The first-order chi connectivity index (χ1) is 9.72. The number of amides is 1. The molecule has 4 heteroatoms. The zero-order chi connectivity index (χ0) is 14.4. The van der Waals surface area contributed by atoms with Crippen molar-refractivity contribution in [1.82, 2.24) is 9.88 Å². The minimum absolute atomic E-state index is 0.0695. The van der Waals surface area contributed by atoms with Crippen molar-refractivity contribution >= 4 is 5.91 Å². The van der Waals surface area contributed by atoms with Crippen LogP contribution in [0.3, 0.4) is 0 Å². The van der Waals surface area contributed by atoms with Gasteiger partial charge in [0.05, 0.1) is 0 Å². The molecule has 1 amide bonds. The van der Waals surface area contributed by atoms with E-state index in [4.69, 9.17) is 5.11 Å². The Labute approximate surface area is 118 Å². The third-order valence-corrected chi connectivity index (χ3v) is 2.90. The molecule has 102 valence electrons. The SMILES string of the molecule is CN(Cc1ccccc1C#CCO)C(=O)c1ccc[nH]1. The summed E-state index contributed by atoms with van der Waals surface area (Å²) in [6.07, 6.45) is 1.72. The average molecular weight is 268 g/mol. The lowest BCUT2D eigenvalue weighted by atomic mass is 10.1. The molecule has 1 heterocycles. The molecule has 0 saturated carbocycles. The van der Waals surface area contributed by atoms with Gasteiger partial charge in [-0.15, -0.1) is 0 Å². The monoisotopic (exact) mass is 268 g/mol. The molecular weight excluding hydrogens is 252 g/mol. The number of nitrogens with one attached hydrogen (secondary N) is 1. The van der Waals surface area contributed by atoms with Gasteiger partial charge in [-0.25, -0.2) is 0 Å². The van der Waals surface area contributed by atoms with E-state index in [1.165, 1.54) is 0 Å². The summed E-state index contributed by atoms with van der Waals surface area (Å²) < 4.78 is 0. The number of aromatic nitrogens is 1. The van der Waals surface area contributed by atoms with Crippen LogP contribution in [0.15, 0.2) is 42.6 Å². The molecule has 0 spiro atoms. The van der Waals surface area contributed by atoms with E-state index in [2.05, 4.69) is 16.8 Å². The number of hydrogen-bond donors (Lipinski definition) is 2. The van der Waals surface area contributed by atoms with Crippen molar-refractivity contribution in [2.75, 3.05) is 13.7 Å². The minimum atomic E-state index is -0.175. The van der Waals surface area contributed by atoms with Crippen molar-refractivity contribution in [3.8, 4) is 11.8 Å². The first-order valence-electron chi connectivity index (χ1n) is 6.29. The number of rotatable bonds is 3. The predicted octanol–water partition coefficient (Wildman–Crippen LogP) is 1.63. The molecule has 0 saturated heterocycles. The molecule has 0 aliphatic carbocycles. The summed E-state index contributed by atoms with van der Waals surface area (Å²) in [6.45, 7) is 0.291. The molecule has 1 aromatic heterocycles. The van der Waals surface area contributed by atoms with Crippen LogP contribution in [0.4, 0.5) is 0 Å². The Morgan fingerprint density at radius 2 is 2.10 bits per heavy atom. The van der Waals surface area contributed by atoms with Crippen LogP contribution in [0.25, 0.3) is 0 Å². The third kappa shape index (κ3) is 3.28. The molecule has 0 fully saturated rings. The van der Waals surface area contributed by atoms with E-state index in [-0.39, 0.29) is 12.5 Å². The van der Waals surface area contributed by atoms with Crippen LogP contribution in [0.5, 0.6) is 0 Å². The van der Waals surface area contributed by atoms with E-state index in [0.29, 0.717) is 12.2 Å². The average Bonchev–Trinajstić information content (AvgIpc) is 2.99. The van der Waals surface area contributed by atoms with Gasteiger partial charge in [0.2, 0.25) is 0 Å². The van der Waals surface area contributed by atoms with Crippen LogP contribution in [-0.2, 0) is 6.54 Å². The second kappa shape index (κ2) is 6.60. The van der Waals surface area contributed by atoms with Gasteiger partial charge in [-0.2, -0.15) is 0 Å². The van der Waals surface area contributed by atoms with Crippen molar-refractivity contribution in [1.29, 1.82) is 0 Å². The van der Waals surface area contributed by atoms with Gasteiger partial charge >= 0.3 is 0 Å². The minimum Gasteiger partial charge on any atom is -0.384 e. The molecule has 0 aliphatic heterocycles. The maximum Gasteiger partial charge on any atom is 0.270 e. The summed E-state index contributed by atoms with van der Waals surface area (Å²) in [4.78, 5) is 16.7. The summed E-state index contributed by atoms with van der Waals surface area (Å²) in [5, 5.41) is 8.77. The number of benzene rings is 1. The zero-order valence-electron chi connectivity index (χ0n) is 11.3. The van der Waals surface area contributed by atoms with Crippen LogP contribution in [-0.4, -0.2) is 34.6 Å². The highest BCUT2D eigenvalue weighted by atomic mass is 16.2. The number of H-pyrrole nitrogens is 1. The highest BCUT2D eigenvalue weighted by Crippen LogP contribution is 2.11. The first kappa shape index (κ1) is 13.9. The van der Waals surface area contributed by atoms with Gasteiger partial charge in [0.1, 0.15) is 12.3 Å². The normalized spacial score (nSPS) is 9.70. The van der Waals surface area contributed by atoms with Crippen molar-refractivity contribution in [3.63, 3.8) is 0 Å². The molecule has 0 atom stereocenters. The molecule has 0 radical (unpaired) electrons. The van der Waals surface area contributed by atoms with E-state index >= 15 is 0 Å². The summed E-state index contributed by atoms with van der Waals surface area (Å²) >= 11 is 0. The highest BCUT2D eigenvalue weighted by molar-refractivity contribution is 5.92. The predicted molar refractivity (Wildman–Crippen MR) is 77.0 cm³/mol. The standard InChI is InChI=1S/C16H16N2O2/c1-18(16(20)15-9-4-10-17-15)12-14-7-3-2-6-13(14)8-5-11-19/h2-4,6-7,9-10,17,19H,11-12H2,1H3. The topological polar surface area (TPSA) is 56.3 Å². The molecule has 4 nitrogen and oxygen atoms in total. The first-order valence-corrected chi connectivity index (χ1v) is 6.29. The summed E-state index contributed by atoms with van der Waals surface area (Å²) in [6, 6.07) is 11.1. The van der Waals surface area contributed by atoms with Gasteiger partial charge in [-0.05, 0) is 23.8 Å². The number of carbonyl (C=O) groups is 1. The molecule has 2 aromatic rings. The van der Waals surface area contributed by atoms with E-state index in [9.17, 15) is 4.79 Å². The van der Waals surface area contributed by atoms with Gasteiger partial charge in [-0.3, -0.25) is 4.79 Å². The lowest BCUT2D eigenvalue weighted by Gasteiger charge is -2.17. The van der Waals surface area contributed by atoms with Crippen molar-refractivity contribution in [2.45, 2.75) is 6.54 Å².